The molecule has 0 aliphatic heterocycles. The lowest BCUT2D eigenvalue weighted by Crippen LogP contribution is -2.08. The Morgan fingerprint density at radius 2 is 1.75 bits per heavy atom. The molecule has 0 radical (unpaired) electrons. The average Bonchev–Trinajstić information content (AvgIpc) is 2.33. The summed E-state index contributed by atoms with van der Waals surface area (Å²) in [7, 11) is 0. The Labute approximate surface area is 76.4 Å². The van der Waals surface area contributed by atoms with Crippen LogP contribution in [0.1, 0.15) is 27.2 Å². The van der Waals surface area contributed by atoms with Crippen LogP contribution in [0, 0.1) is 23.7 Å². The molecular weight excluding hydrogens is 144 g/mol. The Morgan fingerprint density at radius 3 is 2.17 bits per heavy atom. The molecule has 0 heterocycles. The molecule has 0 saturated heterocycles. The minimum absolute atomic E-state index is 0.737. The first-order valence-corrected chi connectivity index (χ1v) is 4.96. The van der Waals surface area contributed by atoms with E-state index in [0.717, 1.165) is 23.7 Å². The quantitative estimate of drug-likeness (QED) is 0.546. The molecule has 0 N–H and O–H groups in total. The fraction of sp³-hybridized carbons (Fsp3) is 0.667. The van der Waals surface area contributed by atoms with E-state index in [4.69, 9.17) is 0 Å². The third kappa shape index (κ3) is 1.63. The molecule has 1 rings (SSSR count). The van der Waals surface area contributed by atoms with Crippen LogP contribution >= 0.6 is 0 Å². The van der Waals surface area contributed by atoms with E-state index in [1.54, 1.807) is 0 Å². The first kappa shape index (κ1) is 9.57. The van der Waals surface area contributed by atoms with Crippen molar-refractivity contribution < 1.29 is 0 Å². The van der Waals surface area contributed by atoms with Crippen LogP contribution in [0.5, 0.6) is 0 Å². The highest BCUT2D eigenvalue weighted by atomic mass is 14.4. The molecule has 0 aromatic heterocycles. The molecule has 0 nitrogen and oxygen atoms in total. The molecule has 1 fully saturated rings. The maximum absolute atomic E-state index is 3.90. The Hall–Kier alpha value is -0.520. The van der Waals surface area contributed by atoms with E-state index in [1.807, 2.05) is 0 Å². The van der Waals surface area contributed by atoms with Gasteiger partial charge < -0.3 is 0 Å². The summed E-state index contributed by atoms with van der Waals surface area (Å²) in [5.74, 6) is 3.15. The zero-order valence-corrected chi connectivity index (χ0v) is 8.46. The van der Waals surface area contributed by atoms with Gasteiger partial charge in [-0.25, -0.2) is 0 Å². The van der Waals surface area contributed by atoms with E-state index in [0.29, 0.717) is 0 Å². The second-order valence-electron chi connectivity index (χ2n) is 4.04. The molecule has 68 valence electrons. The average molecular weight is 164 g/mol. The molecule has 1 saturated carbocycles. The summed E-state index contributed by atoms with van der Waals surface area (Å²) in [6.07, 6.45) is 7.96. The Balaban J connectivity index is 2.66. The fourth-order valence-electron chi connectivity index (χ4n) is 2.34. The summed E-state index contributed by atoms with van der Waals surface area (Å²) in [5, 5.41) is 0. The summed E-state index contributed by atoms with van der Waals surface area (Å²) < 4.78 is 0. The van der Waals surface area contributed by atoms with Crippen LogP contribution in [0.3, 0.4) is 0 Å². The summed E-state index contributed by atoms with van der Waals surface area (Å²) >= 11 is 0. The summed E-state index contributed by atoms with van der Waals surface area (Å²) in [6, 6.07) is 0. The predicted octanol–water partition coefficient (Wildman–Crippen LogP) is 3.66. The molecule has 0 spiro atoms. The standard InChI is InChI=1S/C12H20/c1-5-7-12-8-11(6-2)9(3)10(12)4/h5-7,9-12H,2,8H2,1,3-4H3/b7-5+. The molecule has 0 heteroatoms. The van der Waals surface area contributed by atoms with Crippen molar-refractivity contribution in [3.63, 3.8) is 0 Å². The van der Waals surface area contributed by atoms with Gasteiger partial charge in [-0.1, -0.05) is 32.1 Å². The number of hydrogen-bond donors (Lipinski definition) is 0. The van der Waals surface area contributed by atoms with Crippen molar-refractivity contribution in [3.8, 4) is 0 Å². The summed E-state index contributed by atoms with van der Waals surface area (Å²) in [6.45, 7) is 10.7. The minimum Gasteiger partial charge on any atom is -0.103 e. The number of rotatable bonds is 2. The van der Waals surface area contributed by atoms with Crippen molar-refractivity contribution >= 4 is 0 Å². The van der Waals surface area contributed by atoms with E-state index in [2.05, 4.69) is 45.6 Å². The third-order valence-corrected chi connectivity index (χ3v) is 3.47. The van der Waals surface area contributed by atoms with E-state index in [-0.39, 0.29) is 0 Å². The second kappa shape index (κ2) is 3.93. The lowest BCUT2D eigenvalue weighted by molar-refractivity contribution is 0.380. The van der Waals surface area contributed by atoms with Gasteiger partial charge >= 0.3 is 0 Å². The lowest BCUT2D eigenvalue weighted by Gasteiger charge is -2.15. The highest BCUT2D eigenvalue weighted by Gasteiger charge is 2.34. The number of hydrogen-bond acceptors (Lipinski definition) is 0. The van der Waals surface area contributed by atoms with Gasteiger partial charge in [0.2, 0.25) is 0 Å². The highest BCUT2D eigenvalue weighted by Crippen LogP contribution is 2.42. The third-order valence-electron chi connectivity index (χ3n) is 3.47. The number of allylic oxidation sites excluding steroid dienone is 3. The molecule has 1 aliphatic carbocycles. The van der Waals surface area contributed by atoms with Crippen LogP contribution in [0.25, 0.3) is 0 Å². The molecule has 0 aromatic rings. The Bertz CT molecular complexity index is 178. The van der Waals surface area contributed by atoms with Crippen LogP contribution in [-0.4, -0.2) is 0 Å². The monoisotopic (exact) mass is 164 g/mol. The smallest absolute Gasteiger partial charge is 0.0199 e. The lowest BCUT2D eigenvalue weighted by atomic mass is 9.90. The maximum atomic E-state index is 3.90. The Kier molecular flexibility index (Phi) is 3.13. The molecule has 0 amide bonds. The van der Waals surface area contributed by atoms with Crippen molar-refractivity contribution in [3.05, 3.63) is 24.8 Å². The highest BCUT2D eigenvalue weighted by molar-refractivity contribution is 5.01. The van der Waals surface area contributed by atoms with Crippen molar-refractivity contribution in [2.75, 3.05) is 0 Å². The zero-order valence-electron chi connectivity index (χ0n) is 8.46. The van der Waals surface area contributed by atoms with Crippen LogP contribution in [0.2, 0.25) is 0 Å². The van der Waals surface area contributed by atoms with Crippen LogP contribution in [0.4, 0.5) is 0 Å². The van der Waals surface area contributed by atoms with Crippen LogP contribution in [-0.2, 0) is 0 Å². The largest absolute Gasteiger partial charge is 0.103 e. The summed E-state index contributed by atoms with van der Waals surface area (Å²) in [4.78, 5) is 0. The Morgan fingerprint density at radius 1 is 1.17 bits per heavy atom. The van der Waals surface area contributed by atoms with Gasteiger partial charge in [0.1, 0.15) is 0 Å². The van der Waals surface area contributed by atoms with Gasteiger partial charge in [-0.15, -0.1) is 6.58 Å². The second-order valence-corrected chi connectivity index (χ2v) is 4.04. The molecule has 12 heavy (non-hydrogen) atoms. The topological polar surface area (TPSA) is 0 Å². The normalized spacial score (nSPS) is 42.2. The zero-order chi connectivity index (χ0) is 9.14. The van der Waals surface area contributed by atoms with E-state index in [1.165, 1.54) is 6.42 Å². The minimum atomic E-state index is 0.737. The van der Waals surface area contributed by atoms with E-state index < -0.39 is 0 Å². The van der Waals surface area contributed by atoms with E-state index >= 15 is 0 Å². The van der Waals surface area contributed by atoms with Gasteiger partial charge in [0.05, 0.1) is 0 Å². The summed E-state index contributed by atoms with van der Waals surface area (Å²) in [5.41, 5.74) is 0. The fourth-order valence-corrected chi connectivity index (χ4v) is 2.34. The molecule has 0 bridgehead atoms. The van der Waals surface area contributed by atoms with Crippen molar-refractivity contribution in [1.29, 1.82) is 0 Å². The van der Waals surface area contributed by atoms with Crippen LogP contribution in [0.15, 0.2) is 24.8 Å². The first-order chi connectivity index (χ1) is 5.70. The van der Waals surface area contributed by atoms with Crippen molar-refractivity contribution in [2.24, 2.45) is 23.7 Å². The van der Waals surface area contributed by atoms with Gasteiger partial charge in [-0.05, 0) is 37.0 Å². The molecular formula is C12H20. The van der Waals surface area contributed by atoms with Crippen LogP contribution < -0.4 is 0 Å². The van der Waals surface area contributed by atoms with Crippen molar-refractivity contribution in [1.82, 2.24) is 0 Å². The van der Waals surface area contributed by atoms with Gasteiger partial charge in [0, 0.05) is 0 Å². The predicted molar refractivity (Wildman–Crippen MR) is 54.9 cm³/mol. The first-order valence-electron chi connectivity index (χ1n) is 4.96. The molecule has 4 atom stereocenters. The maximum Gasteiger partial charge on any atom is -0.0199 e. The molecule has 1 aliphatic rings. The molecule has 0 aromatic carbocycles. The van der Waals surface area contributed by atoms with E-state index in [9.17, 15) is 0 Å². The van der Waals surface area contributed by atoms with Gasteiger partial charge in [0.15, 0.2) is 0 Å². The van der Waals surface area contributed by atoms with Gasteiger partial charge in [-0.3, -0.25) is 0 Å². The van der Waals surface area contributed by atoms with Gasteiger partial charge in [0.25, 0.3) is 0 Å². The van der Waals surface area contributed by atoms with Crippen molar-refractivity contribution in [2.45, 2.75) is 27.2 Å². The molecule has 4 unspecified atom stereocenters. The SMILES string of the molecule is C=CC1CC(/C=C/C)C(C)C1C. The van der Waals surface area contributed by atoms with Gasteiger partial charge in [-0.2, -0.15) is 0 Å².